The van der Waals surface area contributed by atoms with E-state index in [2.05, 4.69) is 45.6 Å². The Bertz CT molecular complexity index is 789. The third-order valence-electron chi connectivity index (χ3n) is 2.15. The van der Waals surface area contributed by atoms with Gasteiger partial charge in [-0.15, -0.1) is 25.5 Å². The summed E-state index contributed by atoms with van der Waals surface area (Å²) in [4.78, 5) is 6.28. The first-order valence-electron chi connectivity index (χ1n) is 5.93. The van der Waals surface area contributed by atoms with Crippen molar-refractivity contribution >= 4 is 29.5 Å². The summed E-state index contributed by atoms with van der Waals surface area (Å²) < 4.78 is 0.970. The molecule has 0 aromatic carbocycles. The third-order valence-corrected chi connectivity index (χ3v) is 2.15. The SMILES string of the molecule is CC(=N)N(/N=C(\C)N)c1nnc(-n2nc(N)nc2N=[N+]=[N-])nn1. The van der Waals surface area contributed by atoms with Gasteiger partial charge in [0, 0.05) is 4.91 Å². The summed E-state index contributed by atoms with van der Waals surface area (Å²) in [6.07, 6.45) is 0. The molecule has 2 heterocycles. The second-order valence-corrected chi connectivity index (χ2v) is 4.01. The fraction of sp³-hybridized carbons (Fsp3) is 0.250. The number of nitrogens with one attached hydrogen (secondary N) is 1. The van der Waals surface area contributed by atoms with Gasteiger partial charge in [0.25, 0.3) is 11.9 Å². The first kappa shape index (κ1) is 15.5. The smallest absolute Gasteiger partial charge is 0.291 e. The molecule has 0 fully saturated rings. The Morgan fingerprint density at radius 2 is 1.96 bits per heavy atom. The molecule has 15 heteroatoms. The molecule has 0 saturated carbocycles. The molecule has 0 atom stereocenters. The Morgan fingerprint density at radius 1 is 1.30 bits per heavy atom. The molecule has 0 aliphatic carbocycles. The minimum Gasteiger partial charge on any atom is -0.386 e. The number of azide groups is 1. The number of anilines is 2. The molecule has 0 aliphatic heterocycles. The first-order chi connectivity index (χ1) is 10.9. The van der Waals surface area contributed by atoms with E-state index in [-0.39, 0.29) is 35.5 Å². The van der Waals surface area contributed by atoms with Crippen molar-refractivity contribution in [1.29, 1.82) is 5.41 Å². The Hall–Kier alpha value is -3.87. The highest BCUT2D eigenvalue weighted by molar-refractivity contribution is 5.93. The van der Waals surface area contributed by atoms with E-state index in [1.54, 1.807) is 0 Å². The maximum absolute atomic E-state index is 8.47. The number of amidine groups is 2. The highest BCUT2D eigenvalue weighted by Gasteiger charge is 2.16. The normalized spacial score (nSPS) is 11.0. The molecule has 2 aromatic rings. The number of nitrogens with zero attached hydrogens (tertiary/aromatic N) is 12. The van der Waals surface area contributed by atoms with Crippen LogP contribution in [-0.2, 0) is 0 Å². The molecule has 23 heavy (non-hydrogen) atoms. The standard InChI is InChI=1S/C8H11N15/c1-3(9)19-22(4(2)10)7-14-16-8(17-15-7)23-6(18-21-12)13-5(11)20-23/h10H,1-2H3,(H2,9,19)(H2,11,20). The average Bonchev–Trinajstić information content (AvgIpc) is 2.86. The number of hydrogen-bond donors (Lipinski definition) is 3. The van der Waals surface area contributed by atoms with Gasteiger partial charge in [0.2, 0.25) is 11.9 Å². The van der Waals surface area contributed by atoms with Crippen LogP contribution in [-0.4, -0.2) is 46.8 Å². The van der Waals surface area contributed by atoms with Crippen LogP contribution in [0.25, 0.3) is 16.4 Å². The largest absolute Gasteiger partial charge is 0.386 e. The van der Waals surface area contributed by atoms with Crippen LogP contribution in [0.2, 0.25) is 0 Å². The molecule has 15 nitrogen and oxygen atoms in total. The van der Waals surface area contributed by atoms with E-state index >= 15 is 0 Å². The molecular weight excluding hydrogens is 306 g/mol. The van der Waals surface area contributed by atoms with Crippen LogP contribution in [0.15, 0.2) is 10.2 Å². The third kappa shape index (κ3) is 3.42. The maximum Gasteiger partial charge on any atom is 0.291 e. The molecule has 0 bridgehead atoms. The van der Waals surface area contributed by atoms with Gasteiger partial charge in [0.1, 0.15) is 11.7 Å². The van der Waals surface area contributed by atoms with Crippen LogP contribution in [0.1, 0.15) is 13.8 Å². The van der Waals surface area contributed by atoms with E-state index in [9.17, 15) is 0 Å². The van der Waals surface area contributed by atoms with Gasteiger partial charge in [-0.05, 0) is 24.5 Å². The van der Waals surface area contributed by atoms with Crippen LogP contribution in [0.3, 0.4) is 0 Å². The van der Waals surface area contributed by atoms with Crippen molar-refractivity contribution in [3.05, 3.63) is 10.4 Å². The predicted molar refractivity (Wildman–Crippen MR) is 78.9 cm³/mol. The lowest BCUT2D eigenvalue weighted by molar-refractivity contribution is 0.723. The summed E-state index contributed by atoms with van der Waals surface area (Å²) in [5, 5.41) is 34.7. The van der Waals surface area contributed by atoms with Gasteiger partial charge in [-0.1, -0.05) is 0 Å². The summed E-state index contributed by atoms with van der Waals surface area (Å²) in [7, 11) is 0. The second-order valence-electron chi connectivity index (χ2n) is 4.01. The fourth-order valence-electron chi connectivity index (χ4n) is 1.37. The number of hydrogen-bond acceptors (Lipinski definition) is 10. The van der Waals surface area contributed by atoms with Crippen molar-refractivity contribution in [3.8, 4) is 5.95 Å². The van der Waals surface area contributed by atoms with Gasteiger partial charge in [-0.3, -0.25) is 5.41 Å². The Morgan fingerprint density at radius 3 is 2.48 bits per heavy atom. The van der Waals surface area contributed by atoms with E-state index in [1.165, 1.54) is 13.8 Å². The molecule has 0 aliphatic rings. The fourth-order valence-corrected chi connectivity index (χ4v) is 1.37. The minimum absolute atomic E-state index is 0.00548. The Balaban J connectivity index is 2.41. The number of nitrogens with two attached hydrogens (primary N) is 2. The predicted octanol–water partition coefficient (Wildman–Crippen LogP) is -0.533. The van der Waals surface area contributed by atoms with Gasteiger partial charge < -0.3 is 11.5 Å². The van der Waals surface area contributed by atoms with Gasteiger partial charge in [-0.2, -0.15) is 19.8 Å². The van der Waals surface area contributed by atoms with Gasteiger partial charge in [0.05, 0.1) is 0 Å². The number of hydrazone groups is 1. The summed E-state index contributed by atoms with van der Waals surface area (Å²) in [6.45, 7) is 3.00. The van der Waals surface area contributed by atoms with E-state index in [1.807, 2.05) is 0 Å². The number of rotatable bonds is 4. The van der Waals surface area contributed by atoms with Gasteiger partial charge in [0.15, 0.2) is 0 Å². The summed E-state index contributed by atoms with van der Waals surface area (Å²) in [5.74, 6) is -0.316. The first-order valence-corrected chi connectivity index (χ1v) is 5.93. The average molecular weight is 317 g/mol. The van der Waals surface area contributed by atoms with Crippen LogP contribution in [0.5, 0.6) is 0 Å². The van der Waals surface area contributed by atoms with Crippen molar-refractivity contribution in [2.75, 3.05) is 10.7 Å². The van der Waals surface area contributed by atoms with E-state index in [0.29, 0.717) is 0 Å². The Kier molecular flexibility index (Phi) is 4.23. The zero-order chi connectivity index (χ0) is 17.0. The highest BCUT2D eigenvalue weighted by Crippen LogP contribution is 2.14. The van der Waals surface area contributed by atoms with E-state index in [4.69, 9.17) is 22.4 Å². The minimum atomic E-state index is -0.169. The lowest BCUT2D eigenvalue weighted by atomic mass is 10.6. The molecule has 0 saturated heterocycles. The van der Waals surface area contributed by atoms with E-state index in [0.717, 1.165) is 9.69 Å². The van der Waals surface area contributed by atoms with Crippen molar-refractivity contribution < 1.29 is 0 Å². The highest BCUT2D eigenvalue weighted by atomic mass is 15.6. The zero-order valence-electron chi connectivity index (χ0n) is 12.0. The molecule has 5 N–H and O–H groups in total. The molecule has 0 amide bonds. The maximum atomic E-state index is 8.47. The molecule has 118 valence electrons. The van der Waals surface area contributed by atoms with Crippen molar-refractivity contribution in [2.24, 2.45) is 15.9 Å². The van der Waals surface area contributed by atoms with Crippen molar-refractivity contribution in [2.45, 2.75) is 13.8 Å². The molecule has 0 radical (unpaired) electrons. The summed E-state index contributed by atoms with van der Waals surface area (Å²) >= 11 is 0. The van der Waals surface area contributed by atoms with Gasteiger partial charge in [-0.25, -0.2) is 0 Å². The molecule has 0 spiro atoms. The van der Waals surface area contributed by atoms with Crippen LogP contribution in [0.4, 0.5) is 17.8 Å². The lowest BCUT2D eigenvalue weighted by Gasteiger charge is -2.13. The van der Waals surface area contributed by atoms with E-state index < -0.39 is 0 Å². The van der Waals surface area contributed by atoms with Crippen molar-refractivity contribution in [3.63, 3.8) is 0 Å². The van der Waals surface area contributed by atoms with Gasteiger partial charge >= 0.3 is 0 Å². The monoisotopic (exact) mass is 317 g/mol. The van der Waals surface area contributed by atoms with Crippen LogP contribution in [0, 0.1) is 5.41 Å². The molecule has 2 rings (SSSR count). The number of aromatic nitrogens is 7. The molecular formula is C8H11N15. The molecule has 0 unspecified atom stereocenters. The second kappa shape index (κ2) is 6.27. The zero-order valence-corrected chi connectivity index (χ0v) is 12.0. The van der Waals surface area contributed by atoms with Crippen molar-refractivity contribution in [1.82, 2.24) is 35.2 Å². The summed E-state index contributed by atoms with van der Waals surface area (Å²) in [5.41, 5.74) is 19.4. The summed E-state index contributed by atoms with van der Waals surface area (Å²) in [6, 6.07) is 0. The van der Waals surface area contributed by atoms with Crippen LogP contribution >= 0.6 is 0 Å². The number of nitrogen functional groups attached to an aromatic ring is 1. The Labute approximate surface area is 128 Å². The van der Waals surface area contributed by atoms with Crippen LogP contribution < -0.4 is 16.5 Å². The molecule has 2 aromatic heterocycles. The quantitative estimate of drug-likeness (QED) is 0.164. The topological polar surface area (TPSA) is 223 Å². The lowest BCUT2D eigenvalue weighted by Crippen LogP contribution is -2.28.